The molecule has 1 aromatic rings. The van der Waals surface area contributed by atoms with Crippen LogP contribution in [0, 0.1) is 5.92 Å². The van der Waals surface area contributed by atoms with Crippen molar-refractivity contribution < 1.29 is 4.79 Å². The molecule has 2 atom stereocenters. The van der Waals surface area contributed by atoms with E-state index < -0.39 is 0 Å². The van der Waals surface area contributed by atoms with Gasteiger partial charge in [0.2, 0.25) is 5.91 Å². The molecule has 1 aromatic heterocycles. The first-order chi connectivity index (χ1) is 7.13. The largest absolute Gasteiger partial charge is 0.350 e. The number of rotatable bonds is 5. The molecule has 0 bridgehead atoms. The van der Waals surface area contributed by atoms with Gasteiger partial charge in [0.1, 0.15) is 0 Å². The minimum atomic E-state index is 0.0756. The van der Waals surface area contributed by atoms with Crippen LogP contribution in [0.5, 0.6) is 0 Å². The summed E-state index contributed by atoms with van der Waals surface area (Å²) in [5.74, 6) is 0.325. The number of hydrogen-bond donors (Lipinski definition) is 2. The van der Waals surface area contributed by atoms with E-state index in [0.29, 0.717) is 13.0 Å². The van der Waals surface area contributed by atoms with Crippen molar-refractivity contribution in [2.75, 3.05) is 6.54 Å². The first-order valence-electron chi connectivity index (χ1n) is 5.15. The lowest BCUT2D eigenvalue weighted by atomic mass is 10.1. The zero-order chi connectivity index (χ0) is 11.3. The minimum Gasteiger partial charge on any atom is -0.350 e. The SMILES string of the molecule is CC(CN)CC(=O)NC(C)c1ccsc1. The van der Waals surface area contributed by atoms with Crippen molar-refractivity contribution in [1.29, 1.82) is 0 Å². The molecule has 3 nitrogen and oxygen atoms in total. The number of amides is 1. The third-order valence-corrected chi connectivity index (χ3v) is 3.06. The molecule has 3 N–H and O–H groups in total. The van der Waals surface area contributed by atoms with E-state index >= 15 is 0 Å². The Hall–Kier alpha value is -0.870. The molecule has 0 saturated carbocycles. The number of nitrogens with two attached hydrogens (primary N) is 1. The number of carbonyl (C=O) groups is 1. The fourth-order valence-corrected chi connectivity index (χ4v) is 2.06. The normalized spacial score (nSPS) is 14.6. The molecular weight excluding hydrogens is 208 g/mol. The maximum atomic E-state index is 11.6. The van der Waals surface area contributed by atoms with Crippen LogP contribution in [0.2, 0.25) is 0 Å². The molecule has 0 spiro atoms. The third kappa shape index (κ3) is 4.01. The van der Waals surface area contributed by atoms with Crippen LogP contribution >= 0.6 is 11.3 Å². The maximum Gasteiger partial charge on any atom is 0.220 e. The average Bonchev–Trinajstić information content (AvgIpc) is 2.70. The van der Waals surface area contributed by atoms with Crippen LogP contribution in [-0.2, 0) is 4.79 Å². The molecule has 0 aliphatic rings. The molecule has 84 valence electrons. The summed E-state index contributed by atoms with van der Waals surface area (Å²) in [6, 6.07) is 2.12. The predicted molar refractivity (Wildman–Crippen MR) is 63.7 cm³/mol. The fraction of sp³-hybridized carbons (Fsp3) is 0.545. The second kappa shape index (κ2) is 5.88. The van der Waals surface area contributed by atoms with Crippen LogP contribution < -0.4 is 11.1 Å². The number of thiophene rings is 1. The van der Waals surface area contributed by atoms with E-state index in [9.17, 15) is 4.79 Å². The quantitative estimate of drug-likeness (QED) is 0.806. The predicted octanol–water partition coefficient (Wildman–Crippen LogP) is 1.91. The molecule has 4 heteroatoms. The van der Waals surface area contributed by atoms with E-state index in [0.717, 1.165) is 5.56 Å². The summed E-state index contributed by atoms with van der Waals surface area (Å²) in [5, 5.41) is 7.03. The van der Waals surface area contributed by atoms with Gasteiger partial charge in [-0.05, 0) is 41.8 Å². The van der Waals surface area contributed by atoms with Gasteiger partial charge < -0.3 is 11.1 Å². The number of carbonyl (C=O) groups excluding carboxylic acids is 1. The summed E-state index contributed by atoms with van der Waals surface area (Å²) in [7, 11) is 0. The van der Waals surface area contributed by atoms with Crippen molar-refractivity contribution in [3.05, 3.63) is 22.4 Å². The van der Waals surface area contributed by atoms with Crippen molar-refractivity contribution in [3.63, 3.8) is 0 Å². The summed E-state index contributed by atoms with van der Waals surface area (Å²) >= 11 is 1.64. The number of nitrogens with one attached hydrogen (secondary N) is 1. The molecule has 15 heavy (non-hydrogen) atoms. The van der Waals surface area contributed by atoms with Crippen LogP contribution in [0.3, 0.4) is 0 Å². The van der Waals surface area contributed by atoms with Gasteiger partial charge in [0.25, 0.3) is 0 Å². The molecule has 0 fully saturated rings. The van der Waals surface area contributed by atoms with Gasteiger partial charge in [-0.15, -0.1) is 0 Å². The molecule has 0 saturated heterocycles. The highest BCUT2D eigenvalue weighted by atomic mass is 32.1. The lowest BCUT2D eigenvalue weighted by molar-refractivity contribution is -0.122. The van der Waals surface area contributed by atoms with Gasteiger partial charge in [0.15, 0.2) is 0 Å². The average molecular weight is 226 g/mol. The summed E-state index contributed by atoms with van der Waals surface area (Å²) in [6.07, 6.45) is 0.505. The van der Waals surface area contributed by atoms with Gasteiger partial charge in [0.05, 0.1) is 6.04 Å². The van der Waals surface area contributed by atoms with E-state index in [1.54, 1.807) is 11.3 Å². The summed E-state index contributed by atoms with van der Waals surface area (Å²) in [5.41, 5.74) is 6.63. The lowest BCUT2D eigenvalue weighted by Gasteiger charge is -2.14. The molecule has 1 rings (SSSR count). The summed E-state index contributed by atoms with van der Waals surface area (Å²) in [4.78, 5) is 11.6. The van der Waals surface area contributed by atoms with Crippen molar-refractivity contribution in [3.8, 4) is 0 Å². The van der Waals surface area contributed by atoms with Gasteiger partial charge >= 0.3 is 0 Å². The van der Waals surface area contributed by atoms with Gasteiger partial charge in [0, 0.05) is 6.42 Å². The van der Waals surface area contributed by atoms with Crippen molar-refractivity contribution in [2.24, 2.45) is 11.7 Å². The van der Waals surface area contributed by atoms with Crippen LogP contribution in [0.4, 0.5) is 0 Å². The van der Waals surface area contributed by atoms with Gasteiger partial charge in [-0.25, -0.2) is 0 Å². The van der Waals surface area contributed by atoms with Crippen molar-refractivity contribution in [1.82, 2.24) is 5.32 Å². The second-order valence-electron chi connectivity index (χ2n) is 3.89. The van der Waals surface area contributed by atoms with E-state index in [2.05, 4.69) is 10.7 Å². The van der Waals surface area contributed by atoms with Crippen molar-refractivity contribution >= 4 is 17.2 Å². The van der Waals surface area contributed by atoms with Gasteiger partial charge in [-0.1, -0.05) is 6.92 Å². The second-order valence-corrected chi connectivity index (χ2v) is 4.67. The Morgan fingerprint density at radius 1 is 1.60 bits per heavy atom. The Kier molecular flexibility index (Phi) is 4.78. The van der Waals surface area contributed by atoms with Crippen LogP contribution in [0.1, 0.15) is 31.9 Å². The van der Waals surface area contributed by atoms with Crippen LogP contribution in [0.15, 0.2) is 16.8 Å². The monoisotopic (exact) mass is 226 g/mol. The van der Waals surface area contributed by atoms with Gasteiger partial charge in [-0.3, -0.25) is 4.79 Å². The zero-order valence-corrected chi connectivity index (χ0v) is 10.0. The first-order valence-corrected chi connectivity index (χ1v) is 6.09. The highest BCUT2D eigenvalue weighted by molar-refractivity contribution is 7.07. The number of hydrogen-bond acceptors (Lipinski definition) is 3. The zero-order valence-electron chi connectivity index (χ0n) is 9.19. The molecule has 0 radical (unpaired) electrons. The molecule has 1 heterocycles. The van der Waals surface area contributed by atoms with E-state index in [4.69, 9.17) is 5.73 Å². The standard InChI is InChI=1S/C11H18N2OS/c1-8(6-12)5-11(14)13-9(2)10-3-4-15-7-10/h3-4,7-9H,5-6,12H2,1-2H3,(H,13,14). The Balaban J connectivity index is 2.38. The Bertz CT molecular complexity index is 298. The smallest absolute Gasteiger partial charge is 0.220 e. The van der Waals surface area contributed by atoms with E-state index in [1.165, 1.54) is 0 Å². The summed E-state index contributed by atoms with van der Waals surface area (Å²) < 4.78 is 0. The van der Waals surface area contributed by atoms with E-state index in [1.807, 2.05) is 25.3 Å². The molecule has 0 aliphatic carbocycles. The Morgan fingerprint density at radius 3 is 2.87 bits per heavy atom. The Morgan fingerprint density at radius 2 is 2.33 bits per heavy atom. The van der Waals surface area contributed by atoms with Crippen LogP contribution in [0.25, 0.3) is 0 Å². The van der Waals surface area contributed by atoms with Gasteiger partial charge in [-0.2, -0.15) is 11.3 Å². The Labute approximate surface area is 94.7 Å². The highest BCUT2D eigenvalue weighted by Crippen LogP contribution is 2.15. The highest BCUT2D eigenvalue weighted by Gasteiger charge is 2.11. The molecule has 1 amide bonds. The van der Waals surface area contributed by atoms with Crippen LogP contribution in [-0.4, -0.2) is 12.5 Å². The molecule has 0 aliphatic heterocycles. The fourth-order valence-electron chi connectivity index (χ4n) is 1.30. The molecule has 0 aromatic carbocycles. The van der Waals surface area contributed by atoms with E-state index in [-0.39, 0.29) is 17.9 Å². The molecular formula is C11H18N2OS. The molecule has 2 unspecified atom stereocenters. The third-order valence-electron chi connectivity index (χ3n) is 2.36. The van der Waals surface area contributed by atoms with Crippen molar-refractivity contribution in [2.45, 2.75) is 26.3 Å². The minimum absolute atomic E-state index is 0.0756. The topological polar surface area (TPSA) is 55.1 Å². The maximum absolute atomic E-state index is 11.6. The lowest BCUT2D eigenvalue weighted by Crippen LogP contribution is -2.29. The first kappa shape index (κ1) is 12.2. The summed E-state index contributed by atoms with van der Waals surface area (Å²) in [6.45, 7) is 4.53.